The molecule has 2 heterocycles. The number of hydrogen-bond donors (Lipinski definition) is 1. The van der Waals surface area contributed by atoms with Gasteiger partial charge in [0.2, 0.25) is 5.95 Å². The lowest BCUT2D eigenvalue weighted by atomic mass is 10.2. The molecule has 122 valence electrons. The quantitative estimate of drug-likeness (QED) is 0.901. The Hall–Kier alpha value is -2.29. The Morgan fingerprint density at radius 3 is 2.91 bits per heavy atom. The van der Waals surface area contributed by atoms with Gasteiger partial charge in [0.1, 0.15) is 5.82 Å². The molecule has 0 spiro atoms. The normalized spacial score (nSPS) is 19.5. The van der Waals surface area contributed by atoms with E-state index < -0.39 is 9.84 Å². The largest absolute Gasteiger partial charge is 0.354 e. The highest BCUT2D eigenvalue weighted by molar-refractivity contribution is 7.91. The van der Waals surface area contributed by atoms with Crippen LogP contribution in [0.1, 0.15) is 6.42 Å². The van der Waals surface area contributed by atoms with Crippen molar-refractivity contribution in [2.75, 3.05) is 28.8 Å². The number of rotatable bonds is 4. The van der Waals surface area contributed by atoms with Crippen molar-refractivity contribution < 1.29 is 12.8 Å². The molecule has 1 fully saturated rings. The first kappa shape index (κ1) is 15.6. The molecule has 2 aromatic rings. The van der Waals surface area contributed by atoms with Crippen molar-refractivity contribution in [2.24, 2.45) is 0 Å². The Morgan fingerprint density at radius 2 is 2.22 bits per heavy atom. The lowest BCUT2D eigenvalue weighted by Crippen LogP contribution is -2.33. The van der Waals surface area contributed by atoms with Gasteiger partial charge in [-0.05, 0) is 24.6 Å². The molecular weight excluding hydrogens is 321 g/mol. The number of nitrogens with one attached hydrogen (secondary N) is 1. The Labute approximate surface area is 133 Å². The number of sulfone groups is 1. The highest BCUT2D eigenvalue weighted by Crippen LogP contribution is 2.22. The maximum Gasteiger partial charge on any atom is 0.249 e. The van der Waals surface area contributed by atoms with E-state index in [1.165, 1.54) is 18.3 Å². The number of halogens is 1. The first-order valence-electron chi connectivity index (χ1n) is 7.08. The molecule has 9 heteroatoms. The minimum Gasteiger partial charge on any atom is -0.354 e. The van der Waals surface area contributed by atoms with E-state index in [0.29, 0.717) is 17.9 Å². The molecule has 1 aliphatic rings. The summed E-state index contributed by atoms with van der Waals surface area (Å²) < 4.78 is 36.4. The standard InChI is InChI=1S/C14H16FN5O2S/c1-20(12-5-6-23(21,22)9-12)13-8-16-19-14(18-13)17-11-4-2-3-10(15)7-11/h2-4,7-8,12H,5-6,9H2,1H3,(H,17,18,19). The van der Waals surface area contributed by atoms with Gasteiger partial charge in [-0.3, -0.25) is 0 Å². The summed E-state index contributed by atoms with van der Waals surface area (Å²) in [6, 6.07) is 5.80. The minimum atomic E-state index is -2.97. The fourth-order valence-electron chi connectivity index (χ4n) is 2.48. The molecule has 1 aromatic heterocycles. The second-order valence-electron chi connectivity index (χ2n) is 5.44. The van der Waals surface area contributed by atoms with Crippen LogP contribution in [0.4, 0.5) is 21.8 Å². The summed E-state index contributed by atoms with van der Waals surface area (Å²) in [7, 11) is -1.20. The smallest absolute Gasteiger partial charge is 0.249 e. The fraction of sp³-hybridized carbons (Fsp3) is 0.357. The maximum atomic E-state index is 13.2. The van der Waals surface area contributed by atoms with Crippen LogP contribution in [0.2, 0.25) is 0 Å². The number of hydrogen-bond acceptors (Lipinski definition) is 7. The van der Waals surface area contributed by atoms with Gasteiger partial charge in [0.15, 0.2) is 15.7 Å². The van der Waals surface area contributed by atoms with Crippen molar-refractivity contribution in [1.82, 2.24) is 15.2 Å². The van der Waals surface area contributed by atoms with Gasteiger partial charge >= 0.3 is 0 Å². The molecule has 1 saturated heterocycles. The maximum absolute atomic E-state index is 13.2. The summed E-state index contributed by atoms with van der Waals surface area (Å²) >= 11 is 0. The van der Waals surface area contributed by atoms with E-state index in [2.05, 4.69) is 20.5 Å². The van der Waals surface area contributed by atoms with Crippen molar-refractivity contribution in [3.63, 3.8) is 0 Å². The summed E-state index contributed by atoms with van der Waals surface area (Å²) in [5, 5.41) is 10.6. The van der Waals surface area contributed by atoms with E-state index in [1.54, 1.807) is 24.1 Å². The van der Waals surface area contributed by atoms with Gasteiger partial charge in [-0.25, -0.2) is 12.8 Å². The number of benzene rings is 1. The third-order valence-corrected chi connectivity index (χ3v) is 5.49. The second-order valence-corrected chi connectivity index (χ2v) is 7.67. The van der Waals surface area contributed by atoms with E-state index in [-0.39, 0.29) is 29.3 Å². The van der Waals surface area contributed by atoms with Gasteiger partial charge < -0.3 is 10.2 Å². The van der Waals surface area contributed by atoms with E-state index in [4.69, 9.17) is 0 Å². The molecule has 0 amide bonds. The van der Waals surface area contributed by atoms with Gasteiger partial charge in [-0.1, -0.05) is 6.07 Å². The van der Waals surface area contributed by atoms with Crippen LogP contribution in [-0.2, 0) is 9.84 Å². The van der Waals surface area contributed by atoms with Crippen LogP contribution in [0.25, 0.3) is 0 Å². The topological polar surface area (TPSA) is 88.1 Å². The van der Waals surface area contributed by atoms with Gasteiger partial charge in [-0.15, -0.1) is 5.10 Å². The Bertz CT molecular complexity index is 814. The first-order chi connectivity index (χ1) is 10.9. The summed E-state index contributed by atoms with van der Waals surface area (Å²) in [6.45, 7) is 0. The predicted octanol–water partition coefficient (Wildman–Crippen LogP) is 1.38. The monoisotopic (exact) mass is 337 g/mol. The lowest BCUT2D eigenvalue weighted by Gasteiger charge is -2.24. The fourth-order valence-corrected chi connectivity index (χ4v) is 4.26. The van der Waals surface area contributed by atoms with E-state index in [9.17, 15) is 12.8 Å². The Morgan fingerprint density at radius 1 is 1.39 bits per heavy atom. The van der Waals surface area contributed by atoms with Crippen molar-refractivity contribution >= 4 is 27.3 Å². The second kappa shape index (κ2) is 6.07. The van der Waals surface area contributed by atoms with E-state index in [0.717, 1.165) is 0 Å². The average molecular weight is 337 g/mol. The molecule has 1 N–H and O–H groups in total. The molecule has 1 aliphatic heterocycles. The van der Waals surface area contributed by atoms with Crippen LogP contribution in [0.5, 0.6) is 0 Å². The third-order valence-electron chi connectivity index (χ3n) is 3.74. The van der Waals surface area contributed by atoms with E-state index >= 15 is 0 Å². The molecule has 0 radical (unpaired) electrons. The molecule has 1 unspecified atom stereocenters. The number of aromatic nitrogens is 3. The predicted molar refractivity (Wildman–Crippen MR) is 85.0 cm³/mol. The van der Waals surface area contributed by atoms with Crippen molar-refractivity contribution in [1.29, 1.82) is 0 Å². The molecule has 23 heavy (non-hydrogen) atoms. The zero-order valence-electron chi connectivity index (χ0n) is 12.5. The minimum absolute atomic E-state index is 0.111. The average Bonchev–Trinajstić information content (AvgIpc) is 2.87. The van der Waals surface area contributed by atoms with E-state index in [1.807, 2.05) is 0 Å². The van der Waals surface area contributed by atoms with Crippen molar-refractivity contribution in [3.05, 3.63) is 36.3 Å². The Balaban J connectivity index is 1.77. The lowest BCUT2D eigenvalue weighted by molar-refractivity contribution is 0.600. The van der Waals surface area contributed by atoms with Gasteiger partial charge in [0, 0.05) is 18.8 Å². The summed E-state index contributed by atoms with van der Waals surface area (Å²) in [4.78, 5) is 6.10. The molecule has 7 nitrogen and oxygen atoms in total. The highest BCUT2D eigenvalue weighted by atomic mass is 32.2. The third kappa shape index (κ3) is 3.73. The zero-order chi connectivity index (χ0) is 16.4. The number of anilines is 3. The molecule has 1 aromatic carbocycles. The van der Waals surface area contributed by atoms with Gasteiger partial charge in [0.25, 0.3) is 0 Å². The van der Waals surface area contributed by atoms with Crippen LogP contribution in [0.15, 0.2) is 30.5 Å². The Kier molecular flexibility index (Phi) is 4.12. The molecule has 0 saturated carbocycles. The van der Waals surface area contributed by atoms with Crippen LogP contribution in [0.3, 0.4) is 0 Å². The summed E-state index contributed by atoms with van der Waals surface area (Å²) in [5.41, 5.74) is 0.509. The van der Waals surface area contributed by atoms with Crippen molar-refractivity contribution in [2.45, 2.75) is 12.5 Å². The highest BCUT2D eigenvalue weighted by Gasteiger charge is 2.31. The molecule has 0 aliphatic carbocycles. The first-order valence-corrected chi connectivity index (χ1v) is 8.91. The number of nitrogens with zero attached hydrogens (tertiary/aromatic N) is 4. The molecule has 0 bridgehead atoms. The summed E-state index contributed by atoms with van der Waals surface area (Å²) in [5.74, 6) is 0.670. The van der Waals surface area contributed by atoms with Crippen LogP contribution < -0.4 is 10.2 Å². The molecule has 1 atom stereocenters. The van der Waals surface area contributed by atoms with Gasteiger partial charge in [0.05, 0.1) is 17.7 Å². The van der Waals surface area contributed by atoms with Crippen LogP contribution >= 0.6 is 0 Å². The van der Waals surface area contributed by atoms with Crippen LogP contribution in [0, 0.1) is 5.82 Å². The van der Waals surface area contributed by atoms with Crippen LogP contribution in [-0.4, -0.2) is 48.2 Å². The summed E-state index contributed by atoms with van der Waals surface area (Å²) in [6.07, 6.45) is 2.04. The zero-order valence-corrected chi connectivity index (χ0v) is 13.3. The van der Waals surface area contributed by atoms with Gasteiger partial charge in [-0.2, -0.15) is 10.1 Å². The molecule has 3 rings (SSSR count). The van der Waals surface area contributed by atoms with Crippen molar-refractivity contribution in [3.8, 4) is 0 Å². The SMILES string of the molecule is CN(c1cnnc(Nc2cccc(F)c2)n1)C1CCS(=O)(=O)C1. The molecular formula is C14H16FN5O2S.